The highest BCUT2D eigenvalue weighted by Gasteiger charge is 2.29. The summed E-state index contributed by atoms with van der Waals surface area (Å²) in [4.78, 5) is 25.4. The van der Waals surface area contributed by atoms with E-state index in [4.69, 9.17) is 5.73 Å². The van der Waals surface area contributed by atoms with Crippen LogP contribution in [0.2, 0.25) is 0 Å². The van der Waals surface area contributed by atoms with Crippen molar-refractivity contribution in [3.8, 4) is 0 Å². The molecule has 0 radical (unpaired) electrons. The second-order valence-corrected chi connectivity index (χ2v) is 5.28. The van der Waals surface area contributed by atoms with Crippen LogP contribution in [0.1, 0.15) is 33.6 Å². The molecule has 3 unspecified atom stereocenters. The number of likely N-dealkylation sites (tertiary alicyclic amines) is 1. The lowest BCUT2D eigenvalue weighted by Gasteiger charge is -2.37. The standard InChI is InChI=1S/C13H26N4O2/c1-4-15-13(19)16-12(18)10(3)17-7-5-6-11(8-17)9(2)14/h9-11H,4-8,14H2,1-3H3,(H2,15,16,18,19). The minimum absolute atomic E-state index is 0.140. The van der Waals surface area contributed by atoms with Crippen LogP contribution in [0, 0.1) is 5.92 Å². The fraction of sp³-hybridized carbons (Fsp3) is 0.846. The second-order valence-electron chi connectivity index (χ2n) is 5.28. The molecule has 1 heterocycles. The Morgan fingerprint density at radius 2 is 2.11 bits per heavy atom. The van der Waals surface area contributed by atoms with E-state index in [2.05, 4.69) is 15.5 Å². The van der Waals surface area contributed by atoms with Gasteiger partial charge in [0.1, 0.15) is 0 Å². The number of rotatable bonds is 4. The Bertz CT molecular complexity index is 320. The van der Waals surface area contributed by atoms with Gasteiger partial charge in [0.25, 0.3) is 0 Å². The number of piperidine rings is 1. The van der Waals surface area contributed by atoms with E-state index < -0.39 is 6.03 Å². The number of carbonyl (C=O) groups excluding carboxylic acids is 2. The lowest BCUT2D eigenvalue weighted by atomic mass is 9.91. The fourth-order valence-electron chi connectivity index (χ4n) is 2.41. The van der Waals surface area contributed by atoms with E-state index >= 15 is 0 Å². The summed E-state index contributed by atoms with van der Waals surface area (Å²) in [5.41, 5.74) is 5.93. The number of nitrogens with two attached hydrogens (primary N) is 1. The molecule has 3 atom stereocenters. The average molecular weight is 270 g/mol. The summed E-state index contributed by atoms with van der Waals surface area (Å²) >= 11 is 0. The van der Waals surface area contributed by atoms with Crippen LogP contribution in [-0.2, 0) is 4.79 Å². The maximum Gasteiger partial charge on any atom is 0.321 e. The quantitative estimate of drug-likeness (QED) is 0.685. The van der Waals surface area contributed by atoms with E-state index in [0.29, 0.717) is 12.5 Å². The van der Waals surface area contributed by atoms with E-state index in [1.807, 2.05) is 20.8 Å². The second kappa shape index (κ2) is 7.45. The van der Waals surface area contributed by atoms with Gasteiger partial charge in [-0.3, -0.25) is 15.0 Å². The Labute approximate surface area is 115 Å². The monoisotopic (exact) mass is 270 g/mol. The molecule has 1 rings (SSSR count). The van der Waals surface area contributed by atoms with E-state index in [1.165, 1.54) is 0 Å². The molecule has 19 heavy (non-hydrogen) atoms. The van der Waals surface area contributed by atoms with Gasteiger partial charge in [0, 0.05) is 19.1 Å². The SMILES string of the molecule is CCNC(=O)NC(=O)C(C)N1CCCC(C(C)N)C1. The lowest BCUT2D eigenvalue weighted by Crippen LogP contribution is -2.53. The Morgan fingerprint density at radius 1 is 1.42 bits per heavy atom. The third-order valence-corrected chi connectivity index (χ3v) is 3.73. The number of hydrogen-bond donors (Lipinski definition) is 3. The van der Waals surface area contributed by atoms with Crippen LogP contribution in [-0.4, -0.2) is 48.6 Å². The van der Waals surface area contributed by atoms with Crippen LogP contribution in [0.5, 0.6) is 0 Å². The topological polar surface area (TPSA) is 87.5 Å². The maximum absolute atomic E-state index is 12.0. The van der Waals surface area contributed by atoms with Crippen LogP contribution < -0.4 is 16.4 Å². The van der Waals surface area contributed by atoms with Crippen molar-refractivity contribution in [3.63, 3.8) is 0 Å². The van der Waals surface area contributed by atoms with Crippen molar-refractivity contribution in [2.24, 2.45) is 11.7 Å². The highest BCUT2D eigenvalue weighted by Crippen LogP contribution is 2.20. The van der Waals surface area contributed by atoms with Gasteiger partial charge in [-0.05, 0) is 46.1 Å². The predicted octanol–water partition coefficient (Wildman–Crippen LogP) is 0.280. The van der Waals surface area contributed by atoms with Crippen molar-refractivity contribution >= 4 is 11.9 Å². The zero-order valence-electron chi connectivity index (χ0n) is 12.1. The molecule has 0 aromatic carbocycles. The number of carbonyl (C=O) groups is 2. The largest absolute Gasteiger partial charge is 0.338 e. The summed E-state index contributed by atoms with van der Waals surface area (Å²) in [6.45, 7) is 7.86. The van der Waals surface area contributed by atoms with Gasteiger partial charge in [0.15, 0.2) is 0 Å². The Hall–Kier alpha value is -1.14. The van der Waals surface area contributed by atoms with Crippen molar-refractivity contribution in [1.82, 2.24) is 15.5 Å². The minimum Gasteiger partial charge on any atom is -0.338 e. The van der Waals surface area contributed by atoms with E-state index in [9.17, 15) is 9.59 Å². The maximum atomic E-state index is 12.0. The zero-order valence-corrected chi connectivity index (χ0v) is 12.1. The molecule has 1 aliphatic heterocycles. The van der Waals surface area contributed by atoms with Crippen LogP contribution in [0.15, 0.2) is 0 Å². The smallest absolute Gasteiger partial charge is 0.321 e. The van der Waals surface area contributed by atoms with Gasteiger partial charge in [-0.1, -0.05) is 0 Å². The molecule has 0 spiro atoms. The average Bonchev–Trinajstić information content (AvgIpc) is 2.38. The van der Waals surface area contributed by atoms with Crippen LogP contribution >= 0.6 is 0 Å². The fourth-order valence-corrected chi connectivity index (χ4v) is 2.41. The summed E-state index contributed by atoms with van der Waals surface area (Å²) in [5, 5.41) is 4.91. The van der Waals surface area contributed by atoms with Crippen molar-refractivity contribution in [2.75, 3.05) is 19.6 Å². The first kappa shape index (κ1) is 15.9. The Balaban J connectivity index is 2.49. The lowest BCUT2D eigenvalue weighted by molar-refractivity contribution is -0.125. The molecule has 0 aromatic heterocycles. The van der Waals surface area contributed by atoms with Gasteiger partial charge in [0.2, 0.25) is 5.91 Å². The molecular formula is C13H26N4O2. The van der Waals surface area contributed by atoms with Crippen molar-refractivity contribution < 1.29 is 9.59 Å². The molecule has 110 valence electrons. The third-order valence-electron chi connectivity index (χ3n) is 3.73. The first-order valence-electron chi connectivity index (χ1n) is 7.04. The van der Waals surface area contributed by atoms with E-state index in [1.54, 1.807) is 0 Å². The molecule has 3 amide bonds. The summed E-state index contributed by atoms with van der Waals surface area (Å²) in [6.07, 6.45) is 2.16. The summed E-state index contributed by atoms with van der Waals surface area (Å²) in [5.74, 6) is 0.171. The first-order valence-corrected chi connectivity index (χ1v) is 7.04. The molecule has 0 saturated carbocycles. The van der Waals surface area contributed by atoms with Crippen LogP contribution in [0.4, 0.5) is 4.79 Å². The number of nitrogens with zero attached hydrogens (tertiary/aromatic N) is 1. The van der Waals surface area contributed by atoms with Gasteiger partial charge < -0.3 is 11.1 Å². The third kappa shape index (κ3) is 4.80. The highest BCUT2D eigenvalue weighted by atomic mass is 16.2. The molecule has 0 aromatic rings. The van der Waals surface area contributed by atoms with E-state index in [-0.39, 0.29) is 18.0 Å². The number of imide groups is 1. The van der Waals surface area contributed by atoms with Gasteiger partial charge in [0.05, 0.1) is 6.04 Å². The Morgan fingerprint density at radius 3 is 2.68 bits per heavy atom. The number of urea groups is 1. The molecular weight excluding hydrogens is 244 g/mol. The summed E-state index contributed by atoms with van der Waals surface area (Å²) in [6, 6.07) is -0.592. The highest BCUT2D eigenvalue weighted by molar-refractivity contribution is 5.96. The normalized spacial score (nSPS) is 23.5. The predicted molar refractivity (Wildman–Crippen MR) is 74.6 cm³/mol. The Kier molecular flexibility index (Phi) is 6.24. The van der Waals surface area contributed by atoms with Crippen molar-refractivity contribution in [2.45, 2.75) is 45.7 Å². The molecule has 1 fully saturated rings. The summed E-state index contributed by atoms with van der Waals surface area (Å²) < 4.78 is 0. The van der Waals surface area contributed by atoms with E-state index in [0.717, 1.165) is 25.9 Å². The molecule has 1 aliphatic rings. The van der Waals surface area contributed by atoms with Gasteiger partial charge in [-0.15, -0.1) is 0 Å². The first-order chi connectivity index (χ1) is 8.95. The molecule has 0 aliphatic carbocycles. The zero-order chi connectivity index (χ0) is 14.4. The number of amides is 3. The molecule has 4 N–H and O–H groups in total. The van der Waals surface area contributed by atoms with Gasteiger partial charge >= 0.3 is 6.03 Å². The molecule has 6 nitrogen and oxygen atoms in total. The van der Waals surface area contributed by atoms with Crippen LogP contribution in [0.25, 0.3) is 0 Å². The van der Waals surface area contributed by atoms with Gasteiger partial charge in [-0.2, -0.15) is 0 Å². The van der Waals surface area contributed by atoms with Crippen LogP contribution in [0.3, 0.4) is 0 Å². The number of nitrogens with one attached hydrogen (secondary N) is 2. The molecule has 1 saturated heterocycles. The minimum atomic E-state index is -0.430. The molecule has 0 bridgehead atoms. The van der Waals surface area contributed by atoms with Crippen molar-refractivity contribution in [1.29, 1.82) is 0 Å². The van der Waals surface area contributed by atoms with Gasteiger partial charge in [-0.25, -0.2) is 4.79 Å². The van der Waals surface area contributed by atoms with Crippen molar-refractivity contribution in [3.05, 3.63) is 0 Å². The number of hydrogen-bond acceptors (Lipinski definition) is 4. The summed E-state index contributed by atoms with van der Waals surface area (Å²) in [7, 11) is 0. The molecule has 6 heteroatoms.